The summed E-state index contributed by atoms with van der Waals surface area (Å²) in [7, 11) is 0. The molecule has 0 aromatic carbocycles. The molecule has 0 atom stereocenters. The lowest BCUT2D eigenvalue weighted by atomic mass is 10.1. The van der Waals surface area contributed by atoms with Gasteiger partial charge in [-0.3, -0.25) is 9.59 Å². The molecule has 0 unspecified atom stereocenters. The van der Waals surface area contributed by atoms with Gasteiger partial charge in [0.25, 0.3) is 5.91 Å². The van der Waals surface area contributed by atoms with E-state index in [1.807, 2.05) is 29.0 Å². The van der Waals surface area contributed by atoms with Gasteiger partial charge in [-0.1, -0.05) is 17.8 Å². The van der Waals surface area contributed by atoms with Crippen LogP contribution in [0.25, 0.3) is 0 Å². The van der Waals surface area contributed by atoms with Crippen LogP contribution in [0, 0.1) is 6.92 Å². The number of nitrogens with one attached hydrogen (secondary N) is 1. The van der Waals surface area contributed by atoms with Gasteiger partial charge in [-0.2, -0.15) is 0 Å². The highest BCUT2D eigenvalue weighted by atomic mass is 32.2. The third-order valence-corrected chi connectivity index (χ3v) is 7.59. The molecule has 0 bridgehead atoms. The molecule has 3 rings (SSSR count). The van der Waals surface area contributed by atoms with Crippen molar-refractivity contribution < 1.29 is 19.1 Å². The van der Waals surface area contributed by atoms with E-state index >= 15 is 0 Å². The average Bonchev–Trinajstić information content (AvgIpc) is 3.45. The number of carbonyl (C=O) groups excluding carboxylic acids is 3. The molecule has 12 heteroatoms. The Hall–Kier alpha value is -2.70. The van der Waals surface area contributed by atoms with Crippen LogP contribution in [-0.4, -0.2) is 44.4 Å². The maximum Gasteiger partial charge on any atom is 0.341 e. The van der Waals surface area contributed by atoms with Gasteiger partial charge in [0.05, 0.1) is 22.3 Å². The normalized spacial score (nSPS) is 11.1. The molecule has 0 radical (unpaired) electrons. The fourth-order valence-electron chi connectivity index (χ4n) is 3.09. The van der Waals surface area contributed by atoms with Gasteiger partial charge in [-0.25, -0.2) is 4.79 Å². The van der Waals surface area contributed by atoms with Crippen molar-refractivity contribution in [3.63, 3.8) is 0 Å². The van der Waals surface area contributed by atoms with Gasteiger partial charge < -0.3 is 20.4 Å². The third kappa shape index (κ3) is 6.01. The summed E-state index contributed by atoms with van der Waals surface area (Å²) in [5.41, 5.74) is 5.97. The number of ether oxygens (including phenoxy) is 1. The van der Waals surface area contributed by atoms with Crippen LogP contribution >= 0.6 is 34.4 Å². The highest BCUT2D eigenvalue weighted by Gasteiger charge is 2.26. The number of esters is 1. The molecular weight excluding hydrogens is 482 g/mol. The molecule has 2 amide bonds. The van der Waals surface area contributed by atoms with Crippen LogP contribution in [0.3, 0.4) is 0 Å². The quantitative estimate of drug-likeness (QED) is 0.316. The van der Waals surface area contributed by atoms with Gasteiger partial charge in [-0.05, 0) is 44.7 Å². The SMILES string of the molecule is CCn1c(Cc2cccs2)nnc1SCC(=O)Nc1sc(C(N)=O)c(C)c1C(=O)OC(C)C. The Balaban J connectivity index is 1.72. The van der Waals surface area contributed by atoms with E-state index in [2.05, 4.69) is 15.5 Å². The van der Waals surface area contributed by atoms with Crippen LogP contribution in [0.5, 0.6) is 0 Å². The summed E-state index contributed by atoms with van der Waals surface area (Å²) in [5, 5.41) is 14.1. The first-order chi connectivity index (χ1) is 15.7. The molecule has 0 aliphatic heterocycles. The van der Waals surface area contributed by atoms with E-state index in [-0.39, 0.29) is 33.2 Å². The number of thioether (sulfide) groups is 1. The molecule has 0 fully saturated rings. The Bertz CT molecular complexity index is 1150. The summed E-state index contributed by atoms with van der Waals surface area (Å²) >= 11 is 3.87. The lowest BCUT2D eigenvalue weighted by Gasteiger charge is -2.10. The molecule has 3 N–H and O–H groups in total. The maximum atomic E-state index is 12.7. The number of amides is 2. The smallest absolute Gasteiger partial charge is 0.341 e. The van der Waals surface area contributed by atoms with E-state index in [9.17, 15) is 14.4 Å². The van der Waals surface area contributed by atoms with Crippen LogP contribution in [0.2, 0.25) is 0 Å². The Morgan fingerprint density at radius 2 is 2.06 bits per heavy atom. The Morgan fingerprint density at radius 1 is 1.30 bits per heavy atom. The number of anilines is 1. The predicted molar refractivity (Wildman–Crippen MR) is 130 cm³/mol. The lowest BCUT2D eigenvalue weighted by Crippen LogP contribution is -2.18. The third-order valence-electron chi connectivity index (χ3n) is 4.52. The summed E-state index contributed by atoms with van der Waals surface area (Å²) in [6.07, 6.45) is 0.327. The molecule has 0 spiro atoms. The van der Waals surface area contributed by atoms with Crippen LogP contribution in [0.1, 0.15) is 57.1 Å². The van der Waals surface area contributed by atoms with Crippen molar-refractivity contribution in [1.29, 1.82) is 0 Å². The van der Waals surface area contributed by atoms with Crippen molar-refractivity contribution in [2.75, 3.05) is 11.1 Å². The summed E-state index contributed by atoms with van der Waals surface area (Å²) < 4.78 is 7.25. The number of rotatable bonds is 10. The van der Waals surface area contributed by atoms with Gasteiger partial charge in [0.15, 0.2) is 5.16 Å². The zero-order valence-corrected chi connectivity index (χ0v) is 21.2. The van der Waals surface area contributed by atoms with Crippen molar-refractivity contribution in [2.24, 2.45) is 5.73 Å². The molecule has 0 saturated carbocycles. The highest BCUT2D eigenvalue weighted by Crippen LogP contribution is 2.34. The Morgan fingerprint density at radius 3 is 2.67 bits per heavy atom. The van der Waals surface area contributed by atoms with Crippen molar-refractivity contribution >= 4 is 57.2 Å². The molecule has 0 saturated heterocycles. The summed E-state index contributed by atoms with van der Waals surface area (Å²) in [4.78, 5) is 38.4. The Kier molecular flexibility index (Phi) is 8.27. The number of aromatic nitrogens is 3. The second kappa shape index (κ2) is 10.9. The van der Waals surface area contributed by atoms with Gasteiger partial charge in [0, 0.05) is 17.8 Å². The fraction of sp³-hybridized carbons (Fsp3) is 0.381. The molecule has 0 aliphatic rings. The molecule has 3 heterocycles. The number of thiophene rings is 2. The zero-order valence-electron chi connectivity index (χ0n) is 18.7. The predicted octanol–water partition coefficient (Wildman–Crippen LogP) is 3.72. The van der Waals surface area contributed by atoms with Crippen molar-refractivity contribution in [3.8, 4) is 0 Å². The van der Waals surface area contributed by atoms with E-state index < -0.39 is 11.9 Å². The topological polar surface area (TPSA) is 129 Å². The number of nitrogens with zero attached hydrogens (tertiary/aromatic N) is 3. The van der Waals surface area contributed by atoms with E-state index in [1.165, 1.54) is 16.6 Å². The second-order valence-electron chi connectivity index (χ2n) is 7.31. The van der Waals surface area contributed by atoms with E-state index in [0.717, 1.165) is 17.2 Å². The minimum atomic E-state index is -0.666. The zero-order chi connectivity index (χ0) is 24.1. The average molecular weight is 508 g/mol. The van der Waals surface area contributed by atoms with Crippen molar-refractivity contribution in [1.82, 2.24) is 14.8 Å². The molecule has 0 aliphatic carbocycles. The first-order valence-electron chi connectivity index (χ1n) is 10.2. The standard InChI is InChI=1S/C21H25N5O4S3/c1-5-26-14(9-13-7-6-8-31-13)24-25-21(26)32-10-15(27)23-19-16(20(29)30-11(2)3)12(4)17(33-19)18(22)28/h6-8,11H,5,9-10H2,1-4H3,(H2,22,28)(H,23,27). The van der Waals surface area contributed by atoms with Gasteiger partial charge in [-0.15, -0.1) is 32.9 Å². The summed E-state index contributed by atoms with van der Waals surface area (Å²) in [5.74, 6) is -0.736. The highest BCUT2D eigenvalue weighted by molar-refractivity contribution is 7.99. The number of carbonyl (C=O) groups is 3. The first-order valence-corrected chi connectivity index (χ1v) is 12.9. The molecule has 3 aromatic rings. The molecule has 9 nitrogen and oxygen atoms in total. The minimum absolute atomic E-state index is 0.0542. The van der Waals surface area contributed by atoms with Gasteiger partial charge in [0.2, 0.25) is 5.91 Å². The summed E-state index contributed by atoms with van der Waals surface area (Å²) in [6, 6.07) is 4.04. The van der Waals surface area contributed by atoms with E-state index in [4.69, 9.17) is 10.5 Å². The number of nitrogens with two attached hydrogens (primary N) is 1. The van der Waals surface area contributed by atoms with Crippen LogP contribution in [-0.2, 0) is 22.5 Å². The monoisotopic (exact) mass is 507 g/mol. The van der Waals surface area contributed by atoms with Crippen LogP contribution < -0.4 is 11.1 Å². The Labute approximate surface area is 203 Å². The van der Waals surface area contributed by atoms with E-state index in [0.29, 0.717) is 23.7 Å². The molecular formula is C21H25N5O4S3. The van der Waals surface area contributed by atoms with Gasteiger partial charge >= 0.3 is 5.97 Å². The minimum Gasteiger partial charge on any atom is -0.459 e. The van der Waals surface area contributed by atoms with Crippen molar-refractivity contribution in [3.05, 3.63) is 44.2 Å². The lowest BCUT2D eigenvalue weighted by molar-refractivity contribution is -0.113. The van der Waals surface area contributed by atoms with E-state index in [1.54, 1.807) is 32.1 Å². The largest absolute Gasteiger partial charge is 0.459 e. The number of hydrogen-bond donors (Lipinski definition) is 2. The summed E-state index contributed by atoms with van der Waals surface area (Å²) in [6.45, 7) is 7.73. The molecule has 3 aromatic heterocycles. The number of hydrogen-bond acceptors (Lipinski definition) is 9. The maximum absolute atomic E-state index is 12.7. The van der Waals surface area contributed by atoms with Crippen LogP contribution in [0.4, 0.5) is 5.00 Å². The molecule has 176 valence electrons. The van der Waals surface area contributed by atoms with Gasteiger partial charge in [0.1, 0.15) is 10.8 Å². The fourth-order valence-corrected chi connectivity index (χ4v) is 5.68. The number of primary amides is 1. The first kappa shape index (κ1) is 24.9. The van der Waals surface area contributed by atoms with Crippen molar-refractivity contribution in [2.45, 2.75) is 51.9 Å². The second-order valence-corrected chi connectivity index (χ2v) is 10.3. The molecule has 33 heavy (non-hydrogen) atoms. The van der Waals surface area contributed by atoms with Crippen LogP contribution in [0.15, 0.2) is 22.7 Å².